The zero-order chi connectivity index (χ0) is 15.5. The molecule has 120 valence electrons. The van der Waals surface area contributed by atoms with Crippen molar-refractivity contribution in [1.82, 2.24) is 5.32 Å². The highest BCUT2D eigenvalue weighted by Crippen LogP contribution is 2.30. The molecule has 4 nitrogen and oxygen atoms in total. The minimum absolute atomic E-state index is 0.126. The first kappa shape index (κ1) is 15.8. The monoisotopic (exact) mass is 366 g/mol. The zero-order valence-electron chi connectivity index (χ0n) is 12.7. The van der Waals surface area contributed by atoms with Crippen molar-refractivity contribution in [2.45, 2.75) is 44.2 Å². The van der Waals surface area contributed by atoms with Crippen LogP contribution in [0.25, 0.3) is 0 Å². The average molecular weight is 367 g/mol. The van der Waals surface area contributed by atoms with E-state index in [-0.39, 0.29) is 5.92 Å². The van der Waals surface area contributed by atoms with E-state index in [0.717, 1.165) is 49.7 Å². The van der Waals surface area contributed by atoms with Crippen LogP contribution in [-0.2, 0) is 4.79 Å². The van der Waals surface area contributed by atoms with Crippen molar-refractivity contribution in [2.75, 3.05) is 18.0 Å². The molecular weight excluding hydrogens is 344 g/mol. The molecule has 1 saturated carbocycles. The number of aliphatic carboxylic acids is 1. The summed E-state index contributed by atoms with van der Waals surface area (Å²) in [5.74, 6) is -0.752. The van der Waals surface area contributed by atoms with Crippen LogP contribution in [0.5, 0.6) is 0 Å². The van der Waals surface area contributed by atoms with E-state index in [0.29, 0.717) is 12.1 Å². The van der Waals surface area contributed by atoms with Crippen LogP contribution in [0.4, 0.5) is 5.69 Å². The van der Waals surface area contributed by atoms with Crippen LogP contribution in [-0.4, -0.2) is 36.2 Å². The standard InChI is InChI=1S/C17H23BrN2O2/c18-15-3-1-2-4-16(15)20-10-9-14(11-20)19-13-7-5-12(6-8-13)17(21)22/h1-4,12-14,19H,5-11H2,(H,21,22). The minimum atomic E-state index is -0.626. The molecular formula is C17H23BrN2O2. The molecule has 0 spiro atoms. The van der Waals surface area contributed by atoms with Crippen LogP contribution in [0.3, 0.4) is 0 Å². The number of rotatable bonds is 4. The van der Waals surface area contributed by atoms with Gasteiger partial charge in [0.15, 0.2) is 0 Å². The average Bonchev–Trinajstić information content (AvgIpc) is 2.96. The lowest BCUT2D eigenvalue weighted by Gasteiger charge is -2.29. The van der Waals surface area contributed by atoms with Crippen LogP contribution in [0.15, 0.2) is 28.7 Å². The molecule has 2 fully saturated rings. The van der Waals surface area contributed by atoms with Gasteiger partial charge in [0.05, 0.1) is 11.6 Å². The second-order valence-electron chi connectivity index (χ2n) is 6.44. The van der Waals surface area contributed by atoms with Gasteiger partial charge >= 0.3 is 5.97 Å². The molecule has 2 aliphatic rings. The van der Waals surface area contributed by atoms with Gasteiger partial charge in [0.1, 0.15) is 0 Å². The van der Waals surface area contributed by atoms with Crippen molar-refractivity contribution in [1.29, 1.82) is 0 Å². The molecule has 0 amide bonds. The lowest BCUT2D eigenvalue weighted by molar-refractivity contribution is -0.142. The first-order valence-corrected chi connectivity index (χ1v) is 8.91. The zero-order valence-corrected chi connectivity index (χ0v) is 14.3. The Kier molecular flexibility index (Phi) is 5.03. The van der Waals surface area contributed by atoms with Crippen molar-refractivity contribution >= 4 is 27.6 Å². The molecule has 1 aliphatic carbocycles. The Balaban J connectivity index is 1.50. The second kappa shape index (κ2) is 7.01. The number of nitrogens with one attached hydrogen (secondary N) is 1. The van der Waals surface area contributed by atoms with Crippen LogP contribution in [0, 0.1) is 5.92 Å². The van der Waals surface area contributed by atoms with Gasteiger partial charge in [0.25, 0.3) is 0 Å². The van der Waals surface area contributed by atoms with E-state index in [2.05, 4.69) is 44.3 Å². The molecule has 22 heavy (non-hydrogen) atoms. The molecule has 1 aromatic rings. The normalized spacial score (nSPS) is 28.8. The molecule has 2 N–H and O–H groups in total. The number of hydrogen-bond donors (Lipinski definition) is 2. The number of nitrogens with zero attached hydrogens (tertiary/aromatic N) is 1. The lowest BCUT2D eigenvalue weighted by atomic mass is 9.86. The van der Waals surface area contributed by atoms with E-state index in [1.807, 2.05) is 6.07 Å². The van der Waals surface area contributed by atoms with E-state index in [1.165, 1.54) is 5.69 Å². The third kappa shape index (κ3) is 3.63. The van der Waals surface area contributed by atoms with Gasteiger partial charge in [-0.1, -0.05) is 12.1 Å². The van der Waals surface area contributed by atoms with E-state index < -0.39 is 5.97 Å². The molecule has 0 bridgehead atoms. The van der Waals surface area contributed by atoms with Gasteiger partial charge in [0, 0.05) is 29.6 Å². The number of hydrogen-bond acceptors (Lipinski definition) is 3. The number of anilines is 1. The van der Waals surface area contributed by atoms with Gasteiger partial charge in [-0.2, -0.15) is 0 Å². The Labute approximate surface area is 140 Å². The summed E-state index contributed by atoms with van der Waals surface area (Å²) in [5, 5.41) is 12.8. The van der Waals surface area contributed by atoms with Gasteiger partial charge in [-0.3, -0.25) is 4.79 Å². The van der Waals surface area contributed by atoms with Crippen LogP contribution < -0.4 is 10.2 Å². The third-order valence-electron chi connectivity index (χ3n) is 4.93. The molecule has 1 saturated heterocycles. The molecule has 1 heterocycles. The summed E-state index contributed by atoms with van der Waals surface area (Å²) in [6, 6.07) is 9.36. The largest absolute Gasteiger partial charge is 0.481 e. The summed E-state index contributed by atoms with van der Waals surface area (Å²) in [4.78, 5) is 13.4. The number of carboxylic acids is 1. The summed E-state index contributed by atoms with van der Waals surface area (Å²) in [6.07, 6.45) is 4.76. The molecule has 5 heteroatoms. The van der Waals surface area contributed by atoms with Gasteiger partial charge in [-0.25, -0.2) is 0 Å². The molecule has 1 aromatic carbocycles. The highest BCUT2D eigenvalue weighted by molar-refractivity contribution is 9.10. The fourth-order valence-electron chi connectivity index (χ4n) is 3.66. The second-order valence-corrected chi connectivity index (χ2v) is 7.29. The number of benzene rings is 1. The number of halogens is 1. The molecule has 0 radical (unpaired) electrons. The molecule has 1 atom stereocenters. The van der Waals surface area contributed by atoms with Crippen molar-refractivity contribution in [2.24, 2.45) is 5.92 Å². The van der Waals surface area contributed by atoms with E-state index in [9.17, 15) is 4.79 Å². The first-order valence-electron chi connectivity index (χ1n) is 8.12. The van der Waals surface area contributed by atoms with E-state index >= 15 is 0 Å². The van der Waals surface area contributed by atoms with Crippen molar-refractivity contribution < 1.29 is 9.90 Å². The Morgan fingerprint density at radius 3 is 2.55 bits per heavy atom. The number of para-hydroxylation sites is 1. The number of carboxylic acid groups (broad SMARTS) is 1. The van der Waals surface area contributed by atoms with Crippen molar-refractivity contribution in [3.05, 3.63) is 28.7 Å². The Morgan fingerprint density at radius 2 is 1.86 bits per heavy atom. The Hall–Kier alpha value is -1.07. The maximum absolute atomic E-state index is 11.0. The summed E-state index contributed by atoms with van der Waals surface area (Å²) >= 11 is 3.63. The maximum atomic E-state index is 11.0. The van der Waals surface area contributed by atoms with E-state index in [1.54, 1.807) is 0 Å². The fraction of sp³-hybridized carbons (Fsp3) is 0.588. The molecule has 1 aliphatic heterocycles. The highest BCUT2D eigenvalue weighted by Gasteiger charge is 2.29. The Bertz CT molecular complexity index is 529. The van der Waals surface area contributed by atoms with Crippen LogP contribution in [0.2, 0.25) is 0 Å². The van der Waals surface area contributed by atoms with Crippen molar-refractivity contribution in [3.63, 3.8) is 0 Å². The summed E-state index contributed by atoms with van der Waals surface area (Å²) in [7, 11) is 0. The first-order chi connectivity index (χ1) is 10.6. The smallest absolute Gasteiger partial charge is 0.306 e. The lowest BCUT2D eigenvalue weighted by Crippen LogP contribution is -2.42. The maximum Gasteiger partial charge on any atom is 0.306 e. The molecule has 3 rings (SSSR count). The van der Waals surface area contributed by atoms with Gasteiger partial charge in [-0.05, 0) is 60.2 Å². The summed E-state index contributed by atoms with van der Waals surface area (Å²) < 4.78 is 1.15. The van der Waals surface area contributed by atoms with Gasteiger partial charge < -0.3 is 15.3 Å². The van der Waals surface area contributed by atoms with Gasteiger partial charge in [-0.15, -0.1) is 0 Å². The highest BCUT2D eigenvalue weighted by atomic mass is 79.9. The topological polar surface area (TPSA) is 52.6 Å². The van der Waals surface area contributed by atoms with Crippen LogP contribution >= 0.6 is 15.9 Å². The molecule has 0 aromatic heterocycles. The summed E-state index contributed by atoms with van der Waals surface area (Å²) in [5.41, 5.74) is 1.27. The van der Waals surface area contributed by atoms with Gasteiger partial charge in [0.2, 0.25) is 0 Å². The molecule has 1 unspecified atom stereocenters. The van der Waals surface area contributed by atoms with Crippen molar-refractivity contribution in [3.8, 4) is 0 Å². The number of carbonyl (C=O) groups is 1. The third-order valence-corrected chi connectivity index (χ3v) is 5.60. The van der Waals surface area contributed by atoms with E-state index in [4.69, 9.17) is 5.11 Å². The predicted octanol–water partition coefficient (Wildman–Crippen LogP) is 3.26. The predicted molar refractivity (Wildman–Crippen MR) is 91.3 cm³/mol. The SMILES string of the molecule is O=C(O)C1CCC(NC2CCN(c3ccccc3Br)C2)CC1. The van der Waals surface area contributed by atoms with Crippen LogP contribution in [0.1, 0.15) is 32.1 Å². The summed E-state index contributed by atoms with van der Waals surface area (Å²) in [6.45, 7) is 2.10. The quantitative estimate of drug-likeness (QED) is 0.858. The fourth-order valence-corrected chi connectivity index (χ4v) is 4.20. The Morgan fingerprint density at radius 1 is 1.14 bits per heavy atom. The minimum Gasteiger partial charge on any atom is -0.481 e.